The Hall–Kier alpha value is 0.452. The van der Waals surface area contributed by atoms with Gasteiger partial charge in [-0.25, -0.2) is 0 Å². The van der Waals surface area contributed by atoms with E-state index < -0.39 is 23.1 Å². The van der Waals surface area contributed by atoms with Crippen molar-refractivity contribution in [2.75, 3.05) is 0 Å². The van der Waals surface area contributed by atoms with Gasteiger partial charge in [-0.3, -0.25) is 0 Å². The zero-order valence-corrected chi connectivity index (χ0v) is 6.81. The molecule has 0 N–H and O–H groups in total. The van der Waals surface area contributed by atoms with Gasteiger partial charge in [0.05, 0.1) is 0 Å². The molecule has 0 unspecified atom stereocenters. The number of hydrogen-bond donors (Lipinski definition) is 0. The third-order valence-corrected chi connectivity index (χ3v) is 2.03. The Balaban J connectivity index is 3.45. The molecule has 0 spiro atoms. The molecule has 0 saturated heterocycles. The summed E-state index contributed by atoms with van der Waals surface area (Å²) >= 11 is -6.07. The summed E-state index contributed by atoms with van der Waals surface area (Å²) in [6.07, 6.45) is 0. The maximum absolute atomic E-state index is 10.9. The molecule has 0 aromatic carbocycles. The quantitative estimate of drug-likeness (QED) is 0.643. The van der Waals surface area contributed by atoms with Gasteiger partial charge in [0.15, 0.2) is 0 Å². The van der Waals surface area contributed by atoms with E-state index in [1.807, 2.05) is 0 Å². The van der Waals surface area contributed by atoms with Crippen LogP contribution in [0, 0.1) is 0 Å². The summed E-state index contributed by atoms with van der Waals surface area (Å²) in [6, 6.07) is 0. The second kappa shape index (κ2) is 1.95. The molecule has 0 nitrogen and oxygen atoms in total. The molecule has 0 rings (SSSR count). The second-order valence-electron chi connectivity index (χ2n) is 0.746. The molecule has 0 aliphatic carbocycles. The molecule has 0 aliphatic rings. The number of halogens is 3. The normalized spacial score (nSPS) is 11.2. The van der Waals surface area contributed by atoms with Crippen LogP contribution >= 0.6 is 0 Å². The van der Waals surface area contributed by atoms with E-state index in [1.165, 1.54) is 0 Å². The fraction of sp³-hybridized carbons (Fsp3) is 0. The first kappa shape index (κ1) is 6.45. The third kappa shape index (κ3) is 4.45. The maximum atomic E-state index is 10.9. The van der Waals surface area contributed by atoms with Crippen LogP contribution in [0.1, 0.15) is 0 Å². The minimum atomic E-state index is -6.07. The van der Waals surface area contributed by atoms with Gasteiger partial charge in [-0.1, -0.05) is 0 Å². The van der Waals surface area contributed by atoms with Crippen LogP contribution in [0.2, 0.25) is 0 Å². The van der Waals surface area contributed by atoms with E-state index in [4.69, 9.17) is 0 Å². The van der Waals surface area contributed by atoms with Gasteiger partial charge in [0.2, 0.25) is 0 Å². The second-order valence-corrected chi connectivity index (χ2v) is 6.54. The van der Waals surface area contributed by atoms with Crippen LogP contribution < -0.4 is 0 Å². The van der Waals surface area contributed by atoms with Gasteiger partial charge in [-0.2, -0.15) is 0 Å². The Morgan fingerprint density at radius 1 is 1.33 bits per heavy atom. The van der Waals surface area contributed by atoms with Gasteiger partial charge in [0, 0.05) is 0 Å². The molecule has 0 fully saturated rings. The van der Waals surface area contributed by atoms with Crippen molar-refractivity contribution >= 4 is 23.1 Å². The van der Waals surface area contributed by atoms with Crippen LogP contribution in [0.15, 0.2) is 10.2 Å². The van der Waals surface area contributed by atoms with Crippen molar-refractivity contribution in [2.24, 2.45) is 0 Å². The molecule has 0 bridgehead atoms. The van der Waals surface area contributed by atoms with Gasteiger partial charge in [-0.05, 0) is 0 Å². The first-order valence-corrected chi connectivity index (χ1v) is 7.92. The van der Waals surface area contributed by atoms with E-state index in [0.29, 0.717) is 0 Å². The molecule has 6 heavy (non-hydrogen) atoms. The van der Waals surface area contributed by atoms with Crippen LogP contribution in [0.3, 0.4) is 0 Å². The predicted molar refractivity (Wildman–Crippen MR) is 19.3 cm³/mol. The molecule has 4 heteroatoms. The van der Waals surface area contributed by atoms with Crippen molar-refractivity contribution in [3.63, 3.8) is 0 Å². The molecule has 0 radical (unpaired) electrons. The van der Waals surface area contributed by atoms with E-state index in [9.17, 15) is 7.53 Å². The first-order valence-electron chi connectivity index (χ1n) is 1.26. The van der Waals surface area contributed by atoms with Gasteiger partial charge >= 0.3 is 40.8 Å². The van der Waals surface area contributed by atoms with Crippen LogP contribution in [0.5, 0.6) is 0 Å². The van der Waals surface area contributed by atoms with E-state index in [2.05, 4.69) is 6.58 Å². The van der Waals surface area contributed by atoms with Crippen LogP contribution in [0.4, 0.5) is 7.53 Å². The summed E-state index contributed by atoms with van der Waals surface area (Å²) < 4.78 is 32.8. The van der Waals surface area contributed by atoms with E-state index in [0.717, 1.165) is 0 Å². The molecule has 36 valence electrons. The van der Waals surface area contributed by atoms with Gasteiger partial charge in [0.25, 0.3) is 0 Å². The minimum absolute atomic E-state index is 0.160. The summed E-state index contributed by atoms with van der Waals surface area (Å²) in [6.45, 7) is 2.61. The Kier molecular flexibility index (Phi) is 2.09. The third-order valence-electron chi connectivity index (χ3n) is 0.231. The van der Waals surface area contributed by atoms with Crippen molar-refractivity contribution < 1.29 is 7.53 Å². The summed E-state index contributed by atoms with van der Waals surface area (Å²) in [5, 5.41) is 0. The van der Waals surface area contributed by atoms with Crippen LogP contribution in [0.25, 0.3) is 0 Å². The predicted octanol–water partition coefficient (Wildman–Crippen LogP) is 1.56. The standard InChI is InChI=1S/C2H3.3FH.Pb/c1-2;;;;/h1H,2H2;3*1H;/q;;;;+3/p-3. The molecule has 0 amide bonds. The summed E-state index contributed by atoms with van der Waals surface area (Å²) in [5.74, 6) is 0. The molecule has 0 saturated carbocycles. The summed E-state index contributed by atoms with van der Waals surface area (Å²) in [5.41, 5.74) is 0. The summed E-state index contributed by atoms with van der Waals surface area (Å²) in [4.78, 5) is 0. The van der Waals surface area contributed by atoms with Crippen molar-refractivity contribution in [3.8, 4) is 0 Å². The van der Waals surface area contributed by atoms with Gasteiger partial charge < -0.3 is 0 Å². The molecule has 0 aromatic heterocycles. The van der Waals surface area contributed by atoms with E-state index >= 15 is 0 Å². The van der Waals surface area contributed by atoms with Crippen molar-refractivity contribution in [2.45, 2.75) is 0 Å². The fourth-order valence-electron chi connectivity index (χ4n) is 0. The monoisotopic (exact) mass is 292 g/mol. The van der Waals surface area contributed by atoms with Gasteiger partial charge in [0.1, 0.15) is 0 Å². The van der Waals surface area contributed by atoms with Crippen LogP contribution in [-0.4, -0.2) is 23.1 Å². The SMILES string of the molecule is C=[CH][Pb]([F])([F])[F]. The Morgan fingerprint density at radius 3 is 1.50 bits per heavy atom. The molecule has 0 atom stereocenters. The van der Waals surface area contributed by atoms with Crippen molar-refractivity contribution in [1.82, 2.24) is 0 Å². The Bertz CT molecular complexity index is 54.3. The average molecular weight is 291 g/mol. The molecular weight excluding hydrogens is 288 g/mol. The molecular formula is C2H3F3Pb. The topological polar surface area (TPSA) is 0 Å². The Labute approximate surface area is 41.1 Å². The van der Waals surface area contributed by atoms with Gasteiger partial charge in [-0.15, -0.1) is 0 Å². The first-order chi connectivity index (χ1) is 2.56. The van der Waals surface area contributed by atoms with Crippen LogP contribution in [-0.2, 0) is 0 Å². The molecule has 0 aromatic rings. The molecule has 0 aliphatic heterocycles. The van der Waals surface area contributed by atoms with E-state index in [-0.39, 0.29) is 3.64 Å². The summed E-state index contributed by atoms with van der Waals surface area (Å²) in [7, 11) is 0. The number of rotatable bonds is 1. The zero-order chi connectivity index (χ0) is 5.21. The van der Waals surface area contributed by atoms with Crippen molar-refractivity contribution in [3.05, 3.63) is 10.2 Å². The molecule has 0 heterocycles. The number of hydrogen-bond acceptors (Lipinski definition) is 0. The average Bonchev–Trinajstić information content (AvgIpc) is 1.35. The fourth-order valence-corrected chi connectivity index (χ4v) is 0. The zero-order valence-electron chi connectivity index (χ0n) is 2.92. The van der Waals surface area contributed by atoms with E-state index in [1.54, 1.807) is 0 Å². The van der Waals surface area contributed by atoms with Crippen molar-refractivity contribution in [1.29, 1.82) is 0 Å². The Morgan fingerprint density at radius 2 is 1.50 bits per heavy atom.